The number of hydrogen-bond acceptors (Lipinski definition) is 6. The Morgan fingerprint density at radius 2 is 0.411 bits per heavy atom. The molecule has 0 aliphatic carbocycles. The molecule has 0 saturated heterocycles. The molecule has 9 aromatic carbocycles. The molecule has 0 amide bonds. The highest BCUT2D eigenvalue weighted by Gasteiger charge is 2.17. The van der Waals surface area contributed by atoms with Gasteiger partial charge in [0.1, 0.15) is 0 Å². The Kier molecular flexibility index (Phi) is 16.3. The number of pyridine rings is 6. The molecule has 0 aliphatic rings. The van der Waals surface area contributed by atoms with Crippen molar-refractivity contribution in [2.24, 2.45) is 0 Å². The van der Waals surface area contributed by atoms with E-state index in [4.69, 9.17) is 24.9 Å². The van der Waals surface area contributed by atoms with E-state index in [1.54, 1.807) is 0 Å². The molecule has 15 aromatic rings. The molecule has 424 valence electrons. The highest BCUT2D eigenvalue weighted by Crippen LogP contribution is 2.39. The Bertz CT molecular complexity index is 4660. The van der Waals surface area contributed by atoms with Crippen molar-refractivity contribution in [3.05, 3.63) is 352 Å². The maximum absolute atomic E-state index is 5.13. The van der Waals surface area contributed by atoms with Crippen molar-refractivity contribution >= 4 is 0 Å². The smallest absolute Gasteiger partial charge is 0.0715 e. The Morgan fingerprint density at radius 1 is 0.133 bits per heavy atom. The second-order valence-electron chi connectivity index (χ2n) is 21.9. The zero-order valence-electron chi connectivity index (χ0n) is 49.2. The van der Waals surface area contributed by atoms with Crippen molar-refractivity contribution in [1.82, 2.24) is 29.9 Å². The van der Waals surface area contributed by atoms with E-state index >= 15 is 0 Å². The van der Waals surface area contributed by atoms with Crippen molar-refractivity contribution in [1.29, 1.82) is 0 Å². The molecule has 0 bridgehead atoms. The van der Waals surface area contributed by atoms with Gasteiger partial charge in [-0.15, -0.1) is 0 Å². The number of aromatic nitrogens is 6. The largest absolute Gasteiger partial charge is 0.256 e. The summed E-state index contributed by atoms with van der Waals surface area (Å²) in [5, 5.41) is 0. The summed E-state index contributed by atoms with van der Waals surface area (Å²) in [6.45, 7) is 0. The van der Waals surface area contributed by atoms with Gasteiger partial charge in [0.05, 0.1) is 45.6 Å². The minimum atomic E-state index is 0.902. The van der Waals surface area contributed by atoms with Crippen molar-refractivity contribution in [2.75, 3.05) is 0 Å². The van der Waals surface area contributed by atoms with Crippen LogP contribution in [0.3, 0.4) is 0 Å². The average molecular weight is 1150 g/mol. The molecule has 90 heavy (non-hydrogen) atoms. The molecular formula is C84H58N6. The van der Waals surface area contributed by atoms with Crippen LogP contribution in [0.1, 0.15) is 0 Å². The lowest BCUT2D eigenvalue weighted by Gasteiger charge is -2.14. The van der Waals surface area contributed by atoms with E-state index in [2.05, 4.69) is 260 Å². The first-order valence-electron chi connectivity index (χ1n) is 30.1. The van der Waals surface area contributed by atoms with Gasteiger partial charge >= 0.3 is 0 Å². The molecule has 0 N–H and O–H groups in total. The maximum atomic E-state index is 5.13. The molecule has 0 aliphatic heterocycles. The third-order valence-electron chi connectivity index (χ3n) is 15.9. The van der Waals surface area contributed by atoms with Crippen LogP contribution in [-0.4, -0.2) is 29.9 Å². The molecule has 6 aromatic heterocycles. The number of benzene rings is 9. The van der Waals surface area contributed by atoms with Gasteiger partial charge in [-0.3, -0.25) is 19.9 Å². The molecule has 6 heterocycles. The van der Waals surface area contributed by atoms with Crippen LogP contribution in [0.2, 0.25) is 0 Å². The Balaban J connectivity index is 0.000000159. The average Bonchev–Trinajstić information content (AvgIpc) is 1.08. The molecule has 0 radical (unpaired) electrons. The highest BCUT2D eigenvalue weighted by atomic mass is 14.7. The van der Waals surface area contributed by atoms with E-state index < -0.39 is 0 Å². The summed E-state index contributed by atoms with van der Waals surface area (Å²) in [6.07, 6.45) is 7.57. The lowest BCUT2D eigenvalue weighted by atomic mass is 9.93. The van der Waals surface area contributed by atoms with E-state index in [9.17, 15) is 0 Å². The minimum absolute atomic E-state index is 0.902. The second kappa shape index (κ2) is 26.2. The first kappa shape index (κ1) is 55.7. The van der Waals surface area contributed by atoms with Crippen LogP contribution < -0.4 is 0 Å². The van der Waals surface area contributed by atoms with Crippen LogP contribution in [0.4, 0.5) is 0 Å². The van der Waals surface area contributed by atoms with Crippen LogP contribution in [0.15, 0.2) is 352 Å². The summed E-state index contributed by atoms with van der Waals surface area (Å²) >= 11 is 0. The van der Waals surface area contributed by atoms with Crippen LogP contribution in [-0.2, 0) is 0 Å². The van der Waals surface area contributed by atoms with Crippen molar-refractivity contribution < 1.29 is 0 Å². The lowest BCUT2D eigenvalue weighted by molar-refractivity contribution is 1.30. The minimum Gasteiger partial charge on any atom is -0.256 e. The molecular weight excluding hydrogens is 1090 g/mol. The first-order valence-corrected chi connectivity index (χ1v) is 30.1. The standard InChI is InChI=1S/C45H31N3.C39H27N3/c1-5-13-32(14-6-1)36-21-23-46-42(28-36)40-25-38(26-41(27-40)43-29-37(22-24-47-43)33-15-7-2-8-16-33)39-30-44(34-17-9-3-10-18-34)48-45(31-39)35-19-11-4-12-20-35;1-4-12-28(13-5-1)31-19-20-37(41-27-31)35-23-32(22-34(24-35)36-18-10-11-21-40-36)33-25-38(29-14-6-2-7-15-29)42-39(26-33)30-16-8-3-9-17-30/h1-31H;1-27H. The summed E-state index contributed by atoms with van der Waals surface area (Å²) in [5.41, 5.74) is 26.9. The van der Waals surface area contributed by atoms with E-state index in [-0.39, 0.29) is 0 Å². The van der Waals surface area contributed by atoms with E-state index in [1.165, 1.54) is 0 Å². The summed E-state index contributed by atoms with van der Waals surface area (Å²) in [4.78, 5) is 29.5. The number of nitrogens with zero attached hydrogens (tertiary/aromatic N) is 6. The zero-order valence-corrected chi connectivity index (χ0v) is 49.2. The van der Waals surface area contributed by atoms with E-state index in [0.717, 1.165) is 146 Å². The molecule has 0 spiro atoms. The van der Waals surface area contributed by atoms with Crippen LogP contribution in [0.25, 0.3) is 146 Å². The van der Waals surface area contributed by atoms with Crippen molar-refractivity contribution in [3.63, 3.8) is 0 Å². The maximum Gasteiger partial charge on any atom is 0.0715 e. The molecule has 0 atom stereocenters. The van der Waals surface area contributed by atoms with Crippen LogP contribution in [0.5, 0.6) is 0 Å². The fourth-order valence-corrected chi connectivity index (χ4v) is 11.3. The van der Waals surface area contributed by atoms with Crippen molar-refractivity contribution in [3.8, 4) is 146 Å². The van der Waals surface area contributed by atoms with E-state index in [1.807, 2.05) is 97.6 Å². The predicted molar refractivity (Wildman–Crippen MR) is 370 cm³/mol. The lowest BCUT2D eigenvalue weighted by Crippen LogP contribution is -1.93. The first-order chi connectivity index (χ1) is 44.6. The molecule has 0 unspecified atom stereocenters. The van der Waals surface area contributed by atoms with Crippen LogP contribution in [0, 0.1) is 0 Å². The van der Waals surface area contributed by atoms with Gasteiger partial charge in [0.15, 0.2) is 0 Å². The molecule has 15 rings (SSSR count). The second-order valence-corrected chi connectivity index (χ2v) is 21.9. The number of rotatable bonds is 13. The van der Waals surface area contributed by atoms with Gasteiger partial charge < -0.3 is 0 Å². The third-order valence-corrected chi connectivity index (χ3v) is 15.9. The summed E-state index contributed by atoms with van der Waals surface area (Å²) in [5.74, 6) is 0. The molecule has 6 nitrogen and oxygen atoms in total. The molecule has 0 fully saturated rings. The Morgan fingerprint density at radius 3 is 0.744 bits per heavy atom. The molecule has 0 saturated carbocycles. The predicted octanol–water partition coefficient (Wildman–Crippen LogP) is 21.4. The quantitative estimate of drug-likeness (QED) is 0.114. The van der Waals surface area contributed by atoms with Gasteiger partial charge in [0.2, 0.25) is 0 Å². The van der Waals surface area contributed by atoms with Crippen LogP contribution >= 0.6 is 0 Å². The molecule has 6 heteroatoms. The Labute approximate surface area is 525 Å². The topological polar surface area (TPSA) is 77.3 Å². The van der Waals surface area contributed by atoms with Gasteiger partial charge in [0.25, 0.3) is 0 Å². The number of hydrogen-bond donors (Lipinski definition) is 0. The summed E-state index contributed by atoms with van der Waals surface area (Å²) < 4.78 is 0. The van der Waals surface area contributed by atoms with Gasteiger partial charge in [-0.05, 0) is 153 Å². The summed E-state index contributed by atoms with van der Waals surface area (Å²) in [7, 11) is 0. The summed E-state index contributed by atoms with van der Waals surface area (Å²) in [6, 6.07) is 113. The van der Waals surface area contributed by atoms with Crippen molar-refractivity contribution in [2.45, 2.75) is 0 Å². The fourth-order valence-electron chi connectivity index (χ4n) is 11.3. The Hall–Kier alpha value is -12.1. The van der Waals surface area contributed by atoms with Gasteiger partial charge in [-0.2, -0.15) is 0 Å². The highest BCUT2D eigenvalue weighted by molar-refractivity contribution is 5.86. The normalized spacial score (nSPS) is 10.9. The third kappa shape index (κ3) is 12.9. The van der Waals surface area contributed by atoms with Gasteiger partial charge in [-0.25, -0.2) is 9.97 Å². The zero-order chi connectivity index (χ0) is 60.3. The fraction of sp³-hybridized carbons (Fsp3) is 0. The van der Waals surface area contributed by atoms with Gasteiger partial charge in [0, 0.05) is 74.9 Å². The SMILES string of the molecule is c1ccc(-c2ccc(-c3cc(-c4cc(-c5ccccc5)nc(-c5ccccc5)c4)cc(-c4ccccn4)c3)nc2)cc1.c1ccc(-c2ccnc(-c3cc(-c4cc(-c5ccccc5)nc(-c5ccccc5)c4)cc(-c4cc(-c5ccccc5)ccn4)c3)c2)cc1. The van der Waals surface area contributed by atoms with Gasteiger partial charge in [-0.1, -0.05) is 224 Å². The monoisotopic (exact) mass is 1150 g/mol. The van der Waals surface area contributed by atoms with E-state index in [0.29, 0.717) is 0 Å².